The highest BCUT2D eigenvalue weighted by molar-refractivity contribution is 6.48. The monoisotopic (exact) mass is 197 g/mol. The van der Waals surface area contributed by atoms with Crippen LogP contribution < -0.4 is 0 Å². The SMILES string of the molecule is CC(/C=C(/C)[O][Al]([CH3])[CH3])=NC(C)C. The Balaban J connectivity index is 4.21. The second-order valence-corrected chi connectivity index (χ2v) is 6.12. The highest BCUT2D eigenvalue weighted by atomic mass is 27.2. The molecule has 0 amide bonds. The van der Waals surface area contributed by atoms with E-state index in [0.29, 0.717) is 6.04 Å². The van der Waals surface area contributed by atoms with Crippen molar-refractivity contribution in [3.8, 4) is 0 Å². The summed E-state index contributed by atoms with van der Waals surface area (Å²) in [6.07, 6.45) is 2.01. The van der Waals surface area contributed by atoms with Gasteiger partial charge in [0, 0.05) is 11.8 Å². The van der Waals surface area contributed by atoms with Gasteiger partial charge >= 0.3 is 14.5 Å². The minimum Gasteiger partial charge on any atom is -0.646 e. The molecular weight excluding hydrogens is 177 g/mol. The number of hydrogen-bond donors (Lipinski definition) is 0. The first-order valence-electron chi connectivity index (χ1n) is 4.81. The summed E-state index contributed by atoms with van der Waals surface area (Å²) in [5.74, 6) is 5.31. The van der Waals surface area contributed by atoms with Crippen LogP contribution >= 0.6 is 0 Å². The minimum atomic E-state index is -0.946. The number of hydrogen-bond acceptors (Lipinski definition) is 2. The van der Waals surface area contributed by atoms with Crippen LogP contribution in [0.25, 0.3) is 0 Å². The zero-order chi connectivity index (χ0) is 10.4. The second kappa shape index (κ2) is 6.23. The molecule has 0 heterocycles. The van der Waals surface area contributed by atoms with Gasteiger partial charge in [0.05, 0.1) is 5.76 Å². The Morgan fingerprint density at radius 3 is 2.23 bits per heavy atom. The molecule has 0 saturated carbocycles. The van der Waals surface area contributed by atoms with E-state index < -0.39 is 14.5 Å². The Morgan fingerprint density at radius 2 is 1.85 bits per heavy atom. The number of allylic oxidation sites excluding steroid dienone is 2. The largest absolute Gasteiger partial charge is 0.646 e. The summed E-state index contributed by atoms with van der Waals surface area (Å²) in [5.41, 5.74) is 1.04. The van der Waals surface area contributed by atoms with Crippen LogP contribution in [0.1, 0.15) is 27.7 Å². The molecule has 0 N–H and O–H groups in total. The van der Waals surface area contributed by atoms with E-state index in [0.717, 1.165) is 11.5 Å². The van der Waals surface area contributed by atoms with Crippen LogP contribution in [0.2, 0.25) is 11.6 Å². The van der Waals surface area contributed by atoms with Crippen LogP contribution in [-0.4, -0.2) is 26.2 Å². The summed E-state index contributed by atoms with van der Waals surface area (Å²) in [6.45, 7) is 8.15. The normalized spacial score (nSPS) is 13.5. The summed E-state index contributed by atoms with van der Waals surface area (Å²) in [4.78, 5) is 4.40. The average molecular weight is 197 g/mol. The van der Waals surface area contributed by atoms with E-state index in [-0.39, 0.29) is 0 Å². The van der Waals surface area contributed by atoms with Gasteiger partial charge in [-0.3, -0.25) is 4.99 Å². The van der Waals surface area contributed by atoms with Crippen LogP contribution in [0.3, 0.4) is 0 Å². The predicted octanol–water partition coefficient (Wildman–Crippen LogP) is 3.03. The van der Waals surface area contributed by atoms with Crippen molar-refractivity contribution in [3.63, 3.8) is 0 Å². The number of aliphatic imine (C=N–C) groups is 1. The molecule has 0 unspecified atom stereocenters. The first kappa shape index (κ1) is 12.7. The van der Waals surface area contributed by atoms with Gasteiger partial charge < -0.3 is 3.79 Å². The molecule has 0 fully saturated rings. The molecule has 0 aliphatic carbocycles. The maximum atomic E-state index is 5.62. The molecule has 0 spiro atoms. The highest BCUT2D eigenvalue weighted by Crippen LogP contribution is 2.00. The maximum Gasteiger partial charge on any atom is 0.539 e. The van der Waals surface area contributed by atoms with E-state index in [4.69, 9.17) is 3.79 Å². The van der Waals surface area contributed by atoms with Crippen LogP contribution in [0, 0.1) is 0 Å². The fourth-order valence-corrected chi connectivity index (χ4v) is 1.96. The molecule has 0 aliphatic heterocycles. The summed E-state index contributed by atoms with van der Waals surface area (Å²) in [6, 6.07) is 0.361. The topological polar surface area (TPSA) is 21.6 Å². The molecule has 0 aromatic heterocycles. The molecule has 0 aromatic rings. The molecule has 0 bridgehead atoms. The third-order valence-electron chi connectivity index (χ3n) is 1.30. The van der Waals surface area contributed by atoms with Crippen molar-refractivity contribution in [2.24, 2.45) is 4.99 Å². The first-order valence-corrected chi connectivity index (χ1v) is 7.59. The van der Waals surface area contributed by atoms with Gasteiger partial charge in [-0.05, 0) is 33.8 Å². The lowest BCUT2D eigenvalue weighted by Gasteiger charge is -2.08. The van der Waals surface area contributed by atoms with Crippen molar-refractivity contribution in [1.82, 2.24) is 0 Å². The Bertz CT molecular complexity index is 207. The fourth-order valence-electron chi connectivity index (χ4n) is 1.14. The van der Waals surface area contributed by atoms with E-state index in [2.05, 4.69) is 30.4 Å². The van der Waals surface area contributed by atoms with Crippen molar-refractivity contribution >= 4 is 20.2 Å². The van der Waals surface area contributed by atoms with Crippen molar-refractivity contribution in [2.75, 3.05) is 0 Å². The molecule has 13 heavy (non-hydrogen) atoms. The maximum absolute atomic E-state index is 5.62. The molecule has 0 aliphatic rings. The van der Waals surface area contributed by atoms with Gasteiger partial charge in [0.1, 0.15) is 0 Å². The molecule has 3 heteroatoms. The van der Waals surface area contributed by atoms with Crippen molar-refractivity contribution < 1.29 is 3.79 Å². The first-order chi connectivity index (χ1) is 5.91. The standard InChI is InChI=1S/C8H15NO.2CH3.Al/c1-6(2)9-7(3)5-8(4)10;;;/h5-6,10H,1-4H3;2*1H3;/q;;;+1/p-1/b8-5-,9-7?;;;. The third-order valence-corrected chi connectivity index (χ3v) is 2.14. The molecule has 0 atom stereocenters. The van der Waals surface area contributed by atoms with Gasteiger partial charge in [0.15, 0.2) is 0 Å². The van der Waals surface area contributed by atoms with Gasteiger partial charge in [0.25, 0.3) is 0 Å². The summed E-state index contributed by atoms with van der Waals surface area (Å²) in [7, 11) is 0. The Kier molecular flexibility index (Phi) is 6.11. The summed E-state index contributed by atoms with van der Waals surface area (Å²) >= 11 is -0.946. The molecular formula is C10H20AlNO. The van der Waals surface area contributed by atoms with Crippen LogP contribution in [0.5, 0.6) is 0 Å². The second-order valence-electron chi connectivity index (χ2n) is 3.79. The van der Waals surface area contributed by atoms with Crippen LogP contribution in [0.4, 0.5) is 0 Å². The number of nitrogens with zero attached hydrogens (tertiary/aromatic N) is 1. The predicted molar refractivity (Wildman–Crippen MR) is 60.6 cm³/mol. The van der Waals surface area contributed by atoms with Gasteiger partial charge in [-0.25, -0.2) is 0 Å². The molecule has 2 nitrogen and oxygen atoms in total. The van der Waals surface area contributed by atoms with Gasteiger partial charge in [-0.15, -0.1) is 0 Å². The van der Waals surface area contributed by atoms with Crippen LogP contribution in [0.15, 0.2) is 16.8 Å². The van der Waals surface area contributed by atoms with E-state index >= 15 is 0 Å². The van der Waals surface area contributed by atoms with Crippen molar-refractivity contribution in [1.29, 1.82) is 0 Å². The summed E-state index contributed by atoms with van der Waals surface area (Å²) < 4.78 is 5.62. The lowest BCUT2D eigenvalue weighted by molar-refractivity contribution is 0.444. The van der Waals surface area contributed by atoms with E-state index in [9.17, 15) is 0 Å². The van der Waals surface area contributed by atoms with E-state index in [1.807, 2.05) is 19.9 Å². The summed E-state index contributed by atoms with van der Waals surface area (Å²) in [5, 5.41) is 0. The molecule has 0 saturated heterocycles. The fraction of sp³-hybridized carbons (Fsp3) is 0.700. The van der Waals surface area contributed by atoms with Gasteiger partial charge in [-0.2, -0.15) is 0 Å². The smallest absolute Gasteiger partial charge is 0.539 e. The minimum absolute atomic E-state index is 0.361. The molecule has 0 aromatic carbocycles. The molecule has 0 radical (unpaired) electrons. The third kappa shape index (κ3) is 8.08. The van der Waals surface area contributed by atoms with Crippen molar-refractivity contribution in [2.45, 2.75) is 45.3 Å². The quantitative estimate of drug-likeness (QED) is 0.385. The zero-order valence-corrected chi connectivity index (χ0v) is 10.7. The lowest BCUT2D eigenvalue weighted by atomic mass is 10.3. The number of rotatable bonds is 4. The van der Waals surface area contributed by atoms with E-state index in [1.54, 1.807) is 0 Å². The molecule has 74 valence electrons. The van der Waals surface area contributed by atoms with E-state index in [1.165, 1.54) is 0 Å². The Hall–Kier alpha value is -0.258. The lowest BCUT2D eigenvalue weighted by Crippen LogP contribution is -2.06. The van der Waals surface area contributed by atoms with Gasteiger partial charge in [0.2, 0.25) is 0 Å². The Morgan fingerprint density at radius 1 is 1.31 bits per heavy atom. The highest BCUT2D eigenvalue weighted by Gasteiger charge is 2.05. The Labute approximate surface area is 86.4 Å². The van der Waals surface area contributed by atoms with Crippen LogP contribution in [-0.2, 0) is 3.79 Å². The average Bonchev–Trinajstić information content (AvgIpc) is 1.80. The van der Waals surface area contributed by atoms with Gasteiger partial charge in [-0.1, -0.05) is 11.6 Å². The molecule has 0 rings (SSSR count). The zero-order valence-electron chi connectivity index (χ0n) is 9.59. The van der Waals surface area contributed by atoms with Crippen molar-refractivity contribution in [3.05, 3.63) is 11.8 Å².